The van der Waals surface area contributed by atoms with Gasteiger partial charge in [-0.15, -0.1) is 0 Å². The lowest BCUT2D eigenvalue weighted by molar-refractivity contribution is 0.589. The third-order valence-electron chi connectivity index (χ3n) is 10.6. The molecule has 0 aliphatic carbocycles. The van der Waals surface area contributed by atoms with Crippen molar-refractivity contribution in [2.45, 2.75) is 4.90 Å². The van der Waals surface area contributed by atoms with Crippen LogP contribution < -0.4 is 42.4 Å². The van der Waals surface area contributed by atoms with Crippen molar-refractivity contribution in [3.63, 3.8) is 0 Å². The number of benzene rings is 5. The second kappa shape index (κ2) is 27.1. The van der Waals surface area contributed by atoms with Gasteiger partial charge in [0.15, 0.2) is 0 Å². The fraction of sp³-hybridized carbons (Fsp3) is 0.0909. The van der Waals surface area contributed by atoms with E-state index in [1.54, 1.807) is 62.2 Å². The summed E-state index contributed by atoms with van der Waals surface area (Å²) in [5.74, 6) is 0. The molecule has 4 heterocycles. The van der Waals surface area contributed by atoms with Gasteiger partial charge in [0.25, 0.3) is 0 Å². The number of aromatic nitrogens is 4. The summed E-state index contributed by atoms with van der Waals surface area (Å²) in [5.41, 5.74) is 0. The predicted molar refractivity (Wildman–Crippen MR) is 306 cm³/mol. The first-order chi connectivity index (χ1) is 33.1. The first-order valence-electron chi connectivity index (χ1n) is 21.7. The van der Waals surface area contributed by atoms with E-state index in [0.29, 0.717) is 0 Å². The van der Waals surface area contributed by atoms with Crippen LogP contribution in [0.3, 0.4) is 0 Å². The zero-order valence-electron chi connectivity index (χ0n) is 39.2. The molecule has 9 rings (SSSR count). The Bertz CT molecular complexity index is 2570. The van der Waals surface area contributed by atoms with Gasteiger partial charge in [-0.2, -0.15) is 0 Å². The van der Waals surface area contributed by atoms with Crippen molar-refractivity contribution < 1.29 is 13.3 Å². The van der Waals surface area contributed by atoms with Crippen LogP contribution in [-0.2, 0) is 43.5 Å². The summed E-state index contributed by atoms with van der Waals surface area (Å²) in [5, 5.41) is 8.18. The summed E-state index contributed by atoms with van der Waals surface area (Å²) in [7, 11) is -5.75. The SMILES string of the molecule is CP(=O)(c1ccccc1)c1ccccc1.CP(=O)(c1cccnc1)c1cccnc1.CP(=S)(c1ccccc1)c1ccccc1.CP(=S)(c1cccnc1)c1cccnc1.CS(=O)c1ccccc1. The smallest absolute Gasteiger partial charge is 0.143 e. The molecule has 0 fully saturated rings. The van der Waals surface area contributed by atoms with Gasteiger partial charge in [0.05, 0.1) is 0 Å². The summed E-state index contributed by atoms with van der Waals surface area (Å²) in [4.78, 5) is 17.1. The highest BCUT2D eigenvalue weighted by Gasteiger charge is 2.22. The van der Waals surface area contributed by atoms with E-state index < -0.39 is 37.2 Å². The number of nitrogens with zero attached hydrogens (tertiary/aromatic N) is 4. The van der Waals surface area contributed by atoms with E-state index in [-0.39, 0.29) is 0 Å². The van der Waals surface area contributed by atoms with Gasteiger partial charge in [-0.05, 0) is 85.8 Å². The third kappa shape index (κ3) is 16.3. The molecule has 352 valence electrons. The standard InChI is InChI=1S/C13H13OP.C13H13PS.C11H11N2OP.C11H11N2PS.C7H8OS/c1-15(14,12-8-4-2-5-9-12)13-10-6-3-7-11-13;1-14(15,12-8-4-2-5-9-12)13-10-6-3-7-11-13;1-15(14,10-4-2-6-12-8-10)11-5-3-7-13-9-11;1-14(15,10-4-2-6-12-8-10)11-5-3-7-13-9-11;1-9(8)7-5-3-2-4-6-7/h2*2-11H,1H3;2*2-9H,1H3;2-6H,1H3. The Labute approximate surface area is 421 Å². The van der Waals surface area contributed by atoms with E-state index in [1.165, 1.54) is 10.6 Å². The zero-order valence-corrected chi connectivity index (χ0v) is 45.2. The van der Waals surface area contributed by atoms with Crippen molar-refractivity contribution in [3.8, 4) is 0 Å². The first-order valence-corrected chi connectivity index (χ1v) is 34.0. The maximum Gasteiger partial charge on any atom is 0.143 e. The van der Waals surface area contributed by atoms with Gasteiger partial charge in [-0.3, -0.25) is 24.1 Å². The summed E-state index contributed by atoms with van der Waals surface area (Å²) in [6, 6.07) is 61.4. The van der Waals surface area contributed by atoms with Gasteiger partial charge in [0.1, 0.15) is 14.3 Å². The highest BCUT2D eigenvalue weighted by Crippen LogP contribution is 2.40. The molecule has 14 heteroatoms. The Morgan fingerprint density at radius 1 is 0.333 bits per heavy atom. The fourth-order valence-electron chi connectivity index (χ4n) is 6.48. The molecule has 9 aromatic rings. The molecule has 69 heavy (non-hydrogen) atoms. The van der Waals surface area contributed by atoms with Crippen LogP contribution in [0.4, 0.5) is 0 Å². The largest absolute Gasteiger partial charge is 0.314 e. The monoisotopic (exact) mass is 1040 g/mol. The minimum absolute atomic E-state index is 0.762. The van der Waals surface area contributed by atoms with Gasteiger partial charge in [-0.1, -0.05) is 175 Å². The van der Waals surface area contributed by atoms with Crippen molar-refractivity contribution in [1.82, 2.24) is 19.9 Å². The molecule has 0 aliphatic heterocycles. The van der Waals surface area contributed by atoms with Crippen molar-refractivity contribution in [3.05, 3.63) is 250 Å². The van der Waals surface area contributed by atoms with Gasteiger partial charge in [0.2, 0.25) is 0 Å². The number of rotatable bonds is 9. The maximum absolute atomic E-state index is 12.6. The summed E-state index contributed by atoms with van der Waals surface area (Å²) in [6.45, 7) is 7.85. The number of hydrogen-bond acceptors (Lipinski definition) is 9. The molecule has 0 amide bonds. The highest BCUT2D eigenvalue weighted by atomic mass is 32.4. The second-order valence-electron chi connectivity index (χ2n) is 15.7. The van der Waals surface area contributed by atoms with Crippen LogP contribution in [0.2, 0.25) is 0 Å². The maximum atomic E-state index is 12.6. The molecule has 1 unspecified atom stereocenters. The highest BCUT2D eigenvalue weighted by molar-refractivity contribution is 8.22. The first kappa shape index (κ1) is 54.5. The van der Waals surface area contributed by atoms with Crippen molar-refractivity contribution in [2.24, 2.45) is 0 Å². The fourth-order valence-corrected chi connectivity index (χ4v) is 15.2. The van der Waals surface area contributed by atoms with Crippen LogP contribution in [0.15, 0.2) is 255 Å². The van der Waals surface area contributed by atoms with E-state index in [1.807, 2.05) is 159 Å². The van der Waals surface area contributed by atoms with E-state index >= 15 is 0 Å². The molecule has 0 radical (unpaired) electrons. The Morgan fingerprint density at radius 3 is 0.826 bits per heavy atom. The lowest BCUT2D eigenvalue weighted by atomic mass is 10.4. The van der Waals surface area contributed by atoms with Crippen molar-refractivity contribution in [2.75, 3.05) is 32.9 Å². The summed E-state index contributed by atoms with van der Waals surface area (Å²) < 4.78 is 35.9. The Hall–Kier alpha value is -5.39. The van der Waals surface area contributed by atoms with Crippen LogP contribution >= 0.6 is 26.4 Å². The quantitative estimate of drug-likeness (QED) is 0.131. The van der Waals surface area contributed by atoms with Crippen molar-refractivity contribution in [1.29, 1.82) is 0 Å². The molecule has 0 N–H and O–H groups in total. The molecule has 0 bridgehead atoms. The number of pyridine rings is 4. The van der Waals surface area contributed by atoms with Crippen LogP contribution in [-0.4, -0.2) is 57.1 Å². The van der Waals surface area contributed by atoms with Crippen LogP contribution in [0, 0.1) is 0 Å². The number of hydrogen-bond donors (Lipinski definition) is 0. The Morgan fingerprint density at radius 2 is 0.565 bits per heavy atom. The molecular weight excluding hydrogens is 985 g/mol. The van der Waals surface area contributed by atoms with Gasteiger partial charge < -0.3 is 9.13 Å². The van der Waals surface area contributed by atoms with Crippen LogP contribution in [0.5, 0.6) is 0 Å². The molecule has 0 saturated carbocycles. The lowest BCUT2D eigenvalue weighted by Gasteiger charge is -2.17. The average Bonchev–Trinajstić information content (AvgIpc) is 3.41. The minimum atomic E-state index is -2.52. The summed E-state index contributed by atoms with van der Waals surface area (Å²) in [6.07, 6.45) is 15.6. The van der Waals surface area contributed by atoms with E-state index in [9.17, 15) is 13.3 Å². The zero-order chi connectivity index (χ0) is 49.6. The van der Waals surface area contributed by atoms with Gasteiger partial charge >= 0.3 is 0 Å². The third-order valence-corrected chi connectivity index (χ3v) is 24.2. The lowest BCUT2D eigenvalue weighted by Crippen LogP contribution is -2.15. The molecule has 4 aromatic heterocycles. The molecule has 0 saturated heterocycles. The Balaban J connectivity index is 0.000000162. The molecular formula is C55H56N4O3P4S3. The minimum Gasteiger partial charge on any atom is -0.314 e. The van der Waals surface area contributed by atoms with E-state index in [4.69, 9.17) is 23.6 Å². The molecule has 7 nitrogen and oxygen atoms in total. The topological polar surface area (TPSA) is 103 Å². The Kier molecular flexibility index (Phi) is 21.4. The van der Waals surface area contributed by atoms with Gasteiger partial charge in [-0.25, -0.2) is 0 Å². The molecule has 5 aromatic carbocycles. The van der Waals surface area contributed by atoms with Crippen LogP contribution in [0.25, 0.3) is 0 Å². The summed E-state index contributed by atoms with van der Waals surface area (Å²) >= 11 is 11.5. The van der Waals surface area contributed by atoms with Crippen LogP contribution in [0.1, 0.15) is 0 Å². The van der Waals surface area contributed by atoms with Crippen molar-refractivity contribution >= 4 is 103 Å². The molecule has 0 spiro atoms. The normalized spacial score (nSPS) is 11.5. The average molecular weight is 1040 g/mol. The second-order valence-corrected chi connectivity index (χ2v) is 32.9. The molecule has 1 atom stereocenters. The van der Waals surface area contributed by atoms with E-state index in [2.05, 4.69) is 81.8 Å². The van der Waals surface area contributed by atoms with E-state index in [0.717, 1.165) is 36.7 Å². The van der Waals surface area contributed by atoms with Gasteiger partial charge in [0, 0.05) is 115 Å². The molecule has 0 aliphatic rings. The predicted octanol–water partition coefficient (Wildman–Crippen LogP) is 9.76.